The predicted octanol–water partition coefficient (Wildman–Crippen LogP) is 4.37. The highest BCUT2D eigenvalue weighted by atomic mass is 31.2. The first-order valence-corrected chi connectivity index (χ1v) is 8.33. The molecule has 0 fully saturated rings. The Kier molecular flexibility index (Phi) is 7.78. The van der Waals surface area contributed by atoms with Crippen molar-refractivity contribution in [2.24, 2.45) is 0 Å². The Morgan fingerprint density at radius 2 is 1.80 bits per heavy atom. The molecule has 0 aliphatic carbocycles. The predicted molar refractivity (Wildman–Crippen MR) is 80.7 cm³/mol. The molecule has 1 aromatic carbocycles. The Hall–Kier alpha value is -0.930. The number of phosphoric acid groups is 1. The summed E-state index contributed by atoms with van der Waals surface area (Å²) >= 11 is 0. The fourth-order valence-electron chi connectivity index (χ4n) is 1.75. The van der Waals surface area contributed by atoms with Crippen molar-refractivity contribution in [3.05, 3.63) is 48.6 Å². The number of phosphoric ester groups is 1. The van der Waals surface area contributed by atoms with Gasteiger partial charge in [-0.25, -0.2) is 4.57 Å². The summed E-state index contributed by atoms with van der Waals surface area (Å²) in [6.07, 6.45) is 2.76. The van der Waals surface area contributed by atoms with E-state index in [4.69, 9.17) is 13.6 Å². The number of hydrogen-bond acceptors (Lipinski definition) is 4. The van der Waals surface area contributed by atoms with E-state index in [1.54, 1.807) is 19.9 Å². The van der Waals surface area contributed by atoms with Gasteiger partial charge in [-0.1, -0.05) is 36.4 Å². The van der Waals surface area contributed by atoms with Crippen LogP contribution in [0.2, 0.25) is 0 Å². The number of aryl methyl sites for hydroxylation is 1. The third-order valence-electron chi connectivity index (χ3n) is 2.66. The molecule has 1 rings (SSSR count). The van der Waals surface area contributed by atoms with Crippen LogP contribution in [0.3, 0.4) is 0 Å². The molecule has 1 unspecified atom stereocenters. The van der Waals surface area contributed by atoms with Crippen LogP contribution in [0, 0.1) is 0 Å². The molecule has 0 amide bonds. The highest BCUT2D eigenvalue weighted by Gasteiger charge is 2.28. The summed E-state index contributed by atoms with van der Waals surface area (Å²) in [5.74, 6) is 0. The van der Waals surface area contributed by atoms with E-state index in [-0.39, 0.29) is 19.3 Å². The lowest BCUT2D eigenvalue weighted by atomic mass is 10.1. The van der Waals surface area contributed by atoms with Gasteiger partial charge in [0.15, 0.2) is 0 Å². The van der Waals surface area contributed by atoms with Crippen molar-refractivity contribution in [2.75, 3.05) is 13.2 Å². The summed E-state index contributed by atoms with van der Waals surface area (Å²) < 4.78 is 28.0. The minimum atomic E-state index is -3.48. The fourth-order valence-corrected chi connectivity index (χ4v) is 3.10. The smallest absolute Gasteiger partial charge is 0.287 e. The van der Waals surface area contributed by atoms with E-state index in [0.717, 1.165) is 6.42 Å². The summed E-state index contributed by atoms with van der Waals surface area (Å²) in [5.41, 5.74) is 1.20. The molecule has 0 aliphatic heterocycles. The molecule has 0 N–H and O–H groups in total. The first kappa shape index (κ1) is 17.1. The quantitative estimate of drug-likeness (QED) is 0.475. The second-order valence-electron chi connectivity index (χ2n) is 4.19. The van der Waals surface area contributed by atoms with Crippen LogP contribution in [0.1, 0.15) is 25.8 Å². The molecule has 0 spiro atoms. The average molecular weight is 298 g/mol. The van der Waals surface area contributed by atoms with Gasteiger partial charge < -0.3 is 0 Å². The van der Waals surface area contributed by atoms with E-state index < -0.39 is 7.82 Å². The average Bonchev–Trinajstić information content (AvgIpc) is 2.45. The maximum Gasteiger partial charge on any atom is 0.475 e. The summed E-state index contributed by atoms with van der Waals surface area (Å²) in [6.45, 7) is 7.78. The summed E-state index contributed by atoms with van der Waals surface area (Å²) in [4.78, 5) is 0. The number of hydrogen-bond donors (Lipinski definition) is 0. The molecule has 0 aliphatic rings. The molecule has 0 aromatic heterocycles. The lowest BCUT2D eigenvalue weighted by molar-refractivity contribution is 0.0978. The van der Waals surface area contributed by atoms with Gasteiger partial charge in [-0.05, 0) is 32.3 Å². The Balaban J connectivity index is 2.57. The first-order valence-electron chi connectivity index (χ1n) is 6.87. The molecule has 1 atom stereocenters. The third-order valence-corrected chi connectivity index (χ3v) is 4.34. The Bertz CT molecular complexity index is 423. The zero-order chi connectivity index (χ0) is 14.8. The van der Waals surface area contributed by atoms with Gasteiger partial charge in [0.2, 0.25) is 0 Å². The first-order chi connectivity index (χ1) is 9.63. The van der Waals surface area contributed by atoms with E-state index in [1.165, 1.54) is 5.56 Å². The highest BCUT2D eigenvalue weighted by molar-refractivity contribution is 7.48. The van der Waals surface area contributed by atoms with E-state index in [0.29, 0.717) is 6.42 Å². The molecule has 0 saturated carbocycles. The second-order valence-corrected chi connectivity index (χ2v) is 5.81. The number of benzene rings is 1. The van der Waals surface area contributed by atoms with Gasteiger partial charge in [-0.3, -0.25) is 13.6 Å². The van der Waals surface area contributed by atoms with Gasteiger partial charge >= 0.3 is 7.82 Å². The maximum absolute atomic E-state index is 12.3. The van der Waals surface area contributed by atoms with Gasteiger partial charge in [0.05, 0.1) is 19.3 Å². The Labute approximate surface area is 121 Å². The number of rotatable bonds is 10. The summed E-state index contributed by atoms with van der Waals surface area (Å²) in [5, 5.41) is 0. The fraction of sp³-hybridized carbons (Fsp3) is 0.467. The molecule has 20 heavy (non-hydrogen) atoms. The van der Waals surface area contributed by atoms with Crippen LogP contribution in [0.4, 0.5) is 0 Å². The molecule has 0 saturated heterocycles. The monoisotopic (exact) mass is 298 g/mol. The molecule has 1 aromatic rings. The third kappa shape index (κ3) is 6.02. The zero-order valence-electron chi connectivity index (χ0n) is 12.2. The highest BCUT2D eigenvalue weighted by Crippen LogP contribution is 2.50. The van der Waals surface area contributed by atoms with Crippen LogP contribution in [-0.2, 0) is 24.6 Å². The molecular formula is C15H23O4P. The standard InChI is InChI=1S/C15H23O4P/c1-4-15(13-12-14-10-8-7-9-11-14)19-20(16,17-5-2)18-6-3/h4,7-11,15H,1,5-6,12-13H2,2-3H3. The van der Waals surface area contributed by atoms with Gasteiger partial charge in [0.1, 0.15) is 0 Å². The SMILES string of the molecule is C=CC(CCc1ccccc1)OP(=O)(OCC)OCC. The van der Waals surface area contributed by atoms with Crippen molar-refractivity contribution in [3.63, 3.8) is 0 Å². The molecule has 5 heteroatoms. The topological polar surface area (TPSA) is 44.8 Å². The van der Waals surface area contributed by atoms with Crippen molar-refractivity contribution >= 4 is 7.82 Å². The van der Waals surface area contributed by atoms with Crippen LogP contribution < -0.4 is 0 Å². The van der Waals surface area contributed by atoms with Gasteiger partial charge in [-0.15, -0.1) is 6.58 Å². The summed E-state index contributed by atoms with van der Waals surface area (Å²) in [7, 11) is -3.48. The van der Waals surface area contributed by atoms with E-state index in [1.807, 2.05) is 30.3 Å². The van der Waals surface area contributed by atoms with E-state index in [2.05, 4.69) is 6.58 Å². The summed E-state index contributed by atoms with van der Waals surface area (Å²) in [6, 6.07) is 10.0. The minimum Gasteiger partial charge on any atom is -0.287 e. The zero-order valence-corrected chi connectivity index (χ0v) is 13.1. The van der Waals surface area contributed by atoms with Crippen molar-refractivity contribution in [3.8, 4) is 0 Å². The van der Waals surface area contributed by atoms with Gasteiger partial charge in [0, 0.05) is 0 Å². The Morgan fingerprint density at radius 3 is 2.30 bits per heavy atom. The lowest BCUT2D eigenvalue weighted by Crippen LogP contribution is -2.12. The van der Waals surface area contributed by atoms with Crippen molar-refractivity contribution in [1.29, 1.82) is 0 Å². The van der Waals surface area contributed by atoms with Crippen molar-refractivity contribution in [2.45, 2.75) is 32.8 Å². The molecule has 0 bridgehead atoms. The molecule has 0 radical (unpaired) electrons. The van der Waals surface area contributed by atoms with Crippen LogP contribution in [0.5, 0.6) is 0 Å². The van der Waals surface area contributed by atoms with Crippen LogP contribution in [0.25, 0.3) is 0 Å². The van der Waals surface area contributed by atoms with Crippen LogP contribution in [0.15, 0.2) is 43.0 Å². The van der Waals surface area contributed by atoms with Crippen molar-refractivity contribution < 1.29 is 18.1 Å². The van der Waals surface area contributed by atoms with E-state index >= 15 is 0 Å². The molecular weight excluding hydrogens is 275 g/mol. The minimum absolute atomic E-state index is 0.278. The van der Waals surface area contributed by atoms with E-state index in [9.17, 15) is 4.57 Å². The lowest BCUT2D eigenvalue weighted by Gasteiger charge is -2.21. The Morgan fingerprint density at radius 1 is 1.20 bits per heavy atom. The largest absolute Gasteiger partial charge is 0.475 e. The molecule has 112 valence electrons. The van der Waals surface area contributed by atoms with Gasteiger partial charge in [0.25, 0.3) is 0 Å². The molecule has 0 heterocycles. The van der Waals surface area contributed by atoms with Gasteiger partial charge in [-0.2, -0.15) is 0 Å². The van der Waals surface area contributed by atoms with Crippen LogP contribution >= 0.6 is 7.82 Å². The second kappa shape index (κ2) is 9.09. The van der Waals surface area contributed by atoms with Crippen molar-refractivity contribution in [1.82, 2.24) is 0 Å². The normalized spacial score (nSPS) is 13.1. The van der Waals surface area contributed by atoms with Crippen LogP contribution in [-0.4, -0.2) is 19.3 Å². The maximum atomic E-state index is 12.3. The molecule has 4 nitrogen and oxygen atoms in total.